The Kier molecular flexibility index (Phi) is 11.1. The van der Waals surface area contributed by atoms with E-state index in [0.29, 0.717) is 4.90 Å². The molecular formula is C21H38N2O2S. The van der Waals surface area contributed by atoms with Gasteiger partial charge in [0.1, 0.15) is 0 Å². The van der Waals surface area contributed by atoms with Crippen LogP contribution in [0.15, 0.2) is 29.2 Å². The fourth-order valence-corrected chi connectivity index (χ4v) is 4.27. The Hall–Kier alpha value is -0.910. The van der Waals surface area contributed by atoms with Crippen LogP contribution >= 0.6 is 0 Å². The molecule has 0 aliphatic carbocycles. The van der Waals surface area contributed by atoms with Gasteiger partial charge in [0.05, 0.1) is 4.90 Å². The molecule has 1 rings (SSSR count). The highest BCUT2D eigenvalue weighted by Gasteiger charge is 2.21. The second-order valence-corrected chi connectivity index (χ2v) is 9.00. The van der Waals surface area contributed by atoms with E-state index >= 15 is 0 Å². The van der Waals surface area contributed by atoms with Crippen molar-refractivity contribution in [2.45, 2.75) is 83.6 Å². The van der Waals surface area contributed by atoms with Gasteiger partial charge in [0.15, 0.2) is 0 Å². The van der Waals surface area contributed by atoms with Gasteiger partial charge in [-0.2, -0.15) is 0 Å². The lowest BCUT2D eigenvalue weighted by Gasteiger charge is -2.28. The van der Waals surface area contributed by atoms with Crippen LogP contribution in [0.2, 0.25) is 0 Å². The lowest BCUT2D eigenvalue weighted by molar-refractivity contribution is 0.238. The molecule has 0 aromatic heterocycles. The molecule has 1 aromatic rings. The Labute approximate surface area is 161 Å². The molecule has 26 heavy (non-hydrogen) atoms. The summed E-state index contributed by atoms with van der Waals surface area (Å²) in [4.78, 5) is 2.80. The van der Waals surface area contributed by atoms with Gasteiger partial charge in [0.25, 0.3) is 0 Å². The lowest BCUT2D eigenvalue weighted by atomic mass is 10.1. The average molecular weight is 383 g/mol. The van der Waals surface area contributed by atoms with Crippen LogP contribution in [0.5, 0.6) is 0 Å². The van der Waals surface area contributed by atoms with Gasteiger partial charge in [-0.25, -0.2) is 13.1 Å². The van der Waals surface area contributed by atoms with Crippen LogP contribution in [-0.2, 0) is 10.0 Å². The van der Waals surface area contributed by atoms with E-state index in [1.54, 1.807) is 12.1 Å². The molecular weight excluding hydrogens is 344 g/mol. The fourth-order valence-electron chi connectivity index (χ4n) is 3.01. The van der Waals surface area contributed by atoms with E-state index in [0.717, 1.165) is 70.1 Å². The summed E-state index contributed by atoms with van der Waals surface area (Å²) in [5, 5.41) is 0. The molecule has 0 amide bonds. The molecule has 0 saturated carbocycles. The topological polar surface area (TPSA) is 49.4 Å². The van der Waals surface area contributed by atoms with Crippen LogP contribution in [0.25, 0.3) is 0 Å². The smallest absolute Gasteiger partial charge is 0.240 e. The molecule has 0 fully saturated rings. The molecule has 5 heteroatoms. The van der Waals surface area contributed by atoms with Crippen molar-refractivity contribution in [3.8, 4) is 0 Å². The summed E-state index contributed by atoms with van der Waals surface area (Å²) in [6, 6.07) is 7.06. The third-order valence-corrected chi connectivity index (χ3v) is 6.23. The van der Waals surface area contributed by atoms with Crippen molar-refractivity contribution in [1.82, 2.24) is 9.62 Å². The van der Waals surface area contributed by atoms with E-state index in [9.17, 15) is 8.42 Å². The highest BCUT2D eigenvalue weighted by Crippen LogP contribution is 2.13. The zero-order valence-corrected chi connectivity index (χ0v) is 17.9. The molecule has 0 aliphatic heterocycles. The minimum Gasteiger partial charge on any atom is -0.302 e. The number of hydrogen-bond acceptors (Lipinski definition) is 3. The normalized spacial score (nSPS) is 13.3. The Morgan fingerprint density at radius 2 is 1.46 bits per heavy atom. The number of sulfonamides is 1. The summed E-state index contributed by atoms with van der Waals surface area (Å²) in [6.45, 7) is 11.4. The zero-order valence-electron chi connectivity index (χ0n) is 17.1. The second-order valence-electron chi connectivity index (χ2n) is 7.28. The van der Waals surface area contributed by atoms with Crippen LogP contribution in [0.1, 0.15) is 71.3 Å². The summed E-state index contributed by atoms with van der Waals surface area (Å²) >= 11 is 0. The minimum atomic E-state index is -3.47. The summed E-state index contributed by atoms with van der Waals surface area (Å²) in [5.74, 6) is 0. The number of benzene rings is 1. The van der Waals surface area contributed by atoms with E-state index in [-0.39, 0.29) is 6.04 Å². The van der Waals surface area contributed by atoms with Gasteiger partial charge >= 0.3 is 0 Å². The Morgan fingerprint density at radius 1 is 0.923 bits per heavy atom. The van der Waals surface area contributed by atoms with Crippen molar-refractivity contribution < 1.29 is 8.42 Å². The van der Waals surface area contributed by atoms with Gasteiger partial charge in [-0.15, -0.1) is 0 Å². The molecule has 0 aliphatic rings. The predicted molar refractivity (Wildman–Crippen MR) is 111 cm³/mol. The fraction of sp³-hybridized carbons (Fsp3) is 0.714. The van der Waals surface area contributed by atoms with E-state index in [1.807, 2.05) is 19.1 Å². The SMILES string of the molecule is CCCCC(CN(CCCC)CCCC)NS(=O)(=O)c1ccc(C)cc1. The molecule has 1 N–H and O–H groups in total. The first-order valence-electron chi connectivity index (χ1n) is 10.2. The van der Waals surface area contributed by atoms with E-state index in [2.05, 4.69) is 30.4 Å². The number of aryl methyl sites for hydroxylation is 1. The number of rotatable bonds is 14. The van der Waals surface area contributed by atoms with E-state index < -0.39 is 10.0 Å². The summed E-state index contributed by atoms with van der Waals surface area (Å²) in [6.07, 6.45) is 7.65. The van der Waals surface area contributed by atoms with Gasteiger partial charge < -0.3 is 4.90 Å². The number of unbranched alkanes of at least 4 members (excludes halogenated alkanes) is 3. The summed E-state index contributed by atoms with van der Waals surface area (Å²) < 4.78 is 28.6. The predicted octanol–water partition coefficient (Wildman–Crippen LogP) is 4.73. The van der Waals surface area contributed by atoms with E-state index in [1.165, 1.54) is 0 Å². The van der Waals surface area contributed by atoms with Gasteiger partial charge in [-0.1, -0.05) is 64.2 Å². The Bertz CT molecular complexity index is 577. The minimum absolute atomic E-state index is 0.0324. The molecule has 1 unspecified atom stereocenters. The largest absolute Gasteiger partial charge is 0.302 e. The molecule has 0 heterocycles. The summed E-state index contributed by atoms with van der Waals surface area (Å²) in [7, 11) is -3.47. The van der Waals surface area contributed by atoms with Crippen molar-refractivity contribution in [2.75, 3.05) is 19.6 Å². The van der Waals surface area contributed by atoms with Crippen LogP contribution in [0.4, 0.5) is 0 Å². The van der Waals surface area contributed by atoms with Gasteiger partial charge in [0, 0.05) is 12.6 Å². The number of nitrogens with zero attached hydrogens (tertiary/aromatic N) is 1. The number of nitrogens with one attached hydrogen (secondary N) is 1. The quantitative estimate of drug-likeness (QED) is 0.506. The van der Waals surface area contributed by atoms with Gasteiger partial charge in [0.2, 0.25) is 10.0 Å². The maximum Gasteiger partial charge on any atom is 0.240 e. The first-order chi connectivity index (χ1) is 12.4. The molecule has 0 radical (unpaired) electrons. The molecule has 150 valence electrons. The van der Waals surface area contributed by atoms with Crippen molar-refractivity contribution in [1.29, 1.82) is 0 Å². The molecule has 1 atom stereocenters. The average Bonchev–Trinajstić information content (AvgIpc) is 2.61. The van der Waals surface area contributed by atoms with Gasteiger partial charge in [-0.05, 0) is 51.4 Å². The van der Waals surface area contributed by atoms with Crippen molar-refractivity contribution in [2.24, 2.45) is 0 Å². The zero-order chi connectivity index (χ0) is 19.4. The highest BCUT2D eigenvalue weighted by molar-refractivity contribution is 7.89. The van der Waals surface area contributed by atoms with Crippen molar-refractivity contribution in [3.05, 3.63) is 29.8 Å². The third-order valence-electron chi connectivity index (χ3n) is 4.69. The third kappa shape index (κ3) is 8.65. The maximum atomic E-state index is 12.8. The Balaban J connectivity index is 2.84. The van der Waals surface area contributed by atoms with Gasteiger partial charge in [-0.3, -0.25) is 0 Å². The number of hydrogen-bond donors (Lipinski definition) is 1. The standard InChI is InChI=1S/C21H38N2O2S/c1-5-8-11-20(18-23(16-9-6-2)17-10-7-3)22-26(24,25)21-14-12-19(4)13-15-21/h12-15,20,22H,5-11,16-18H2,1-4H3. The first kappa shape index (κ1) is 23.1. The van der Waals surface area contributed by atoms with Crippen LogP contribution in [0.3, 0.4) is 0 Å². The maximum absolute atomic E-state index is 12.8. The lowest BCUT2D eigenvalue weighted by Crippen LogP contribution is -2.44. The van der Waals surface area contributed by atoms with Crippen molar-refractivity contribution >= 4 is 10.0 Å². The second kappa shape index (κ2) is 12.5. The first-order valence-corrected chi connectivity index (χ1v) is 11.7. The molecule has 1 aromatic carbocycles. The highest BCUT2D eigenvalue weighted by atomic mass is 32.2. The molecule has 0 spiro atoms. The van der Waals surface area contributed by atoms with E-state index in [4.69, 9.17) is 0 Å². The molecule has 4 nitrogen and oxygen atoms in total. The summed E-state index contributed by atoms with van der Waals surface area (Å²) in [5.41, 5.74) is 1.07. The molecule has 0 saturated heterocycles. The monoisotopic (exact) mass is 382 g/mol. The van der Waals surface area contributed by atoms with Crippen LogP contribution < -0.4 is 4.72 Å². The van der Waals surface area contributed by atoms with Crippen LogP contribution in [0, 0.1) is 6.92 Å². The van der Waals surface area contributed by atoms with Crippen LogP contribution in [-0.4, -0.2) is 39.0 Å². The molecule has 0 bridgehead atoms. The Morgan fingerprint density at radius 3 is 1.96 bits per heavy atom. The van der Waals surface area contributed by atoms with Crippen molar-refractivity contribution in [3.63, 3.8) is 0 Å².